The van der Waals surface area contributed by atoms with Crippen molar-refractivity contribution in [3.8, 4) is 0 Å². The maximum Gasteiger partial charge on any atom is 0.343 e. The molecule has 0 fully saturated rings. The Balaban J connectivity index is 2.03. The molecule has 0 aliphatic carbocycles. The van der Waals surface area contributed by atoms with Crippen LogP contribution in [0, 0.1) is 0 Å². The molecule has 0 N–H and O–H groups in total. The Morgan fingerprint density at radius 1 is 1.30 bits per heavy atom. The first kappa shape index (κ1) is 15.5. The van der Waals surface area contributed by atoms with Gasteiger partial charge in [0.2, 0.25) is 0 Å². The van der Waals surface area contributed by atoms with Crippen LogP contribution in [-0.4, -0.2) is 28.6 Å². The van der Waals surface area contributed by atoms with Crippen LogP contribution in [0.3, 0.4) is 0 Å². The summed E-state index contributed by atoms with van der Waals surface area (Å²) in [7, 11) is 0. The Bertz CT molecular complexity index is 746. The Morgan fingerprint density at radius 3 is 2.70 bits per heavy atom. The molecular formula is C18H21N3O2. The Morgan fingerprint density at radius 2 is 2.04 bits per heavy atom. The van der Waals surface area contributed by atoms with E-state index in [4.69, 9.17) is 4.74 Å². The summed E-state index contributed by atoms with van der Waals surface area (Å²) in [6, 6.07) is 8.55. The molecule has 1 aromatic carbocycles. The highest BCUT2D eigenvalue weighted by Crippen LogP contribution is 2.37. The number of carbonyl (C=O) groups excluding carboxylic acids is 1. The van der Waals surface area contributed by atoms with Crippen molar-refractivity contribution in [3.63, 3.8) is 0 Å². The third-order valence-corrected chi connectivity index (χ3v) is 4.39. The van der Waals surface area contributed by atoms with Crippen molar-refractivity contribution >= 4 is 18.0 Å². The minimum Gasteiger partial charge on any atom is -0.462 e. The minimum atomic E-state index is -0.378. The molecule has 120 valence electrons. The summed E-state index contributed by atoms with van der Waals surface area (Å²) in [5, 5.41) is 4.43. The van der Waals surface area contributed by atoms with Crippen LogP contribution < -0.4 is 0 Å². The number of rotatable bonds is 4. The van der Waals surface area contributed by atoms with Gasteiger partial charge in [-0.3, -0.25) is 0 Å². The van der Waals surface area contributed by atoms with Crippen molar-refractivity contribution in [1.29, 1.82) is 0 Å². The molecule has 1 aliphatic heterocycles. The van der Waals surface area contributed by atoms with Crippen LogP contribution in [-0.2, 0) is 16.7 Å². The summed E-state index contributed by atoms with van der Waals surface area (Å²) in [5.74, 6) is 0.188. The number of esters is 1. The minimum absolute atomic E-state index is 0.336. The van der Waals surface area contributed by atoms with Gasteiger partial charge in [-0.2, -0.15) is 5.10 Å². The number of hydrogen-bond acceptors (Lipinski definition) is 4. The van der Waals surface area contributed by atoms with Crippen LogP contribution in [0.1, 0.15) is 48.7 Å². The maximum absolute atomic E-state index is 12.1. The molecule has 1 unspecified atom stereocenters. The highest BCUT2D eigenvalue weighted by atomic mass is 16.5. The largest absolute Gasteiger partial charge is 0.462 e. The zero-order chi connectivity index (χ0) is 16.4. The lowest BCUT2D eigenvalue weighted by Crippen LogP contribution is -2.34. The van der Waals surface area contributed by atoms with Crippen molar-refractivity contribution < 1.29 is 9.53 Å². The van der Waals surface area contributed by atoms with Gasteiger partial charge in [0.15, 0.2) is 5.82 Å². The number of hydrogen-bond donors (Lipinski definition) is 0. The first-order chi connectivity index (χ1) is 11.1. The van der Waals surface area contributed by atoms with Crippen LogP contribution in [0.5, 0.6) is 0 Å². The van der Waals surface area contributed by atoms with E-state index >= 15 is 0 Å². The molecule has 0 bridgehead atoms. The van der Waals surface area contributed by atoms with E-state index in [2.05, 4.69) is 48.2 Å². The maximum atomic E-state index is 12.1. The van der Waals surface area contributed by atoms with Gasteiger partial charge in [0, 0.05) is 12.6 Å². The summed E-state index contributed by atoms with van der Waals surface area (Å²) in [6.07, 6.45) is 5.15. The number of ether oxygens (including phenoxy) is 1. The van der Waals surface area contributed by atoms with E-state index in [1.54, 1.807) is 13.1 Å². The smallest absolute Gasteiger partial charge is 0.343 e. The molecule has 0 saturated carbocycles. The zero-order valence-corrected chi connectivity index (χ0v) is 13.7. The number of nitrogens with zero attached hydrogens (tertiary/aromatic N) is 3. The molecule has 5 nitrogen and oxygen atoms in total. The summed E-state index contributed by atoms with van der Waals surface area (Å²) in [5.41, 5.74) is 2.52. The highest BCUT2D eigenvalue weighted by Gasteiger charge is 2.35. The number of aryl methyl sites for hydroxylation is 1. The first-order valence-corrected chi connectivity index (χ1v) is 7.97. The second-order valence-electron chi connectivity index (χ2n) is 5.85. The first-order valence-electron chi connectivity index (χ1n) is 7.97. The van der Waals surface area contributed by atoms with Gasteiger partial charge in [-0.1, -0.05) is 31.2 Å². The summed E-state index contributed by atoms with van der Waals surface area (Å²) >= 11 is 0. The van der Waals surface area contributed by atoms with Gasteiger partial charge >= 0.3 is 5.97 Å². The molecule has 1 aliphatic rings. The molecule has 0 saturated heterocycles. The predicted molar refractivity (Wildman–Crippen MR) is 89.5 cm³/mol. The van der Waals surface area contributed by atoms with E-state index < -0.39 is 0 Å². The van der Waals surface area contributed by atoms with E-state index in [1.165, 1.54) is 5.56 Å². The van der Waals surface area contributed by atoms with Gasteiger partial charge in [-0.15, -0.1) is 0 Å². The van der Waals surface area contributed by atoms with Crippen LogP contribution in [0.2, 0.25) is 0 Å². The number of fused-ring (bicyclic) bond motifs is 1. The fourth-order valence-electron chi connectivity index (χ4n) is 2.92. The highest BCUT2D eigenvalue weighted by molar-refractivity contribution is 5.95. The predicted octanol–water partition coefficient (Wildman–Crippen LogP) is 3.49. The van der Waals surface area contributed by atoms with Crippen molar-refractivity contribution in [1.82, 2.24) is 9.78 Å². The number of carbonyl (C=O) groups is 1. The van der Waals surface area contributed by atoms with Gasteiger partial charge in [-0.25, -0.2) is 14.5 Å². The molecule has 2 aromatic rings. The average molecular weight is 311 g/mol. The summed E-state index contributed by atoms with van der Waals surface area (Å²) < 4.78 is 6.92. The Kier molecular flexibility index (Phi) is 4.03. The lowest BCUT2D eigenvalue weighted by Gasteiger charge is -2.33. The van der Waals surface area contributed by atoms with Crippen LogP contribution in [0.4, 0.5) is 5.82 Å². The SMILES string of the molecule is CCOC(=O)c1cnn2c1N=CCC2(C)c1ccc(CC)cc1. The monoisotopic (exact) mass is 311 g/mol. The van der Waals surface area contributed by atoms with E-state index in [0.29, 0.717) is 18.0 Å². The quantitative estimate of drug-likeness (QED) is 0.812. The molecule has 1 atom stereocenters. The van der Waals surface area contributed by atoms with E-state index in [-0.39, 0.29) is 11.5 Å². The second-order valence-corrected chi connectivity index (χ2v) is 5.85. The topological polar surface area (TPSA) is 56.5 Å². The standard InChI is InChI=1S/C18H21N3O2/c1-4-13-6-8-14(9-7-13)18(3)10-11-19-16-15(12-20-21(16)18)17(22)23-5-2/h6-9,11-12H,4-5,10H2,1-3H3. The van der Waals surface area contributed by atoms with Crippen LogP contribution in [0.15, 0.2) is 35.5 Å². The fraction of sp³-hybridized carbons (Fsp3) is 0.389. The normalized spacial score (nSPS) is 19.4. The summed E-state index contributed by atoms with van der Waals surface area (Å²) in [4.78, 5) is 16.4. The number of aromatic nitrogens is 2. The van der Waals surface area contributed by atoms with E-state index in [1.807, 2.05) is 10.9 Å². The molecule has 0 spiro atoms. The van der Waals surface area contributed by atoms with E-state index in [9.17, 15) is 4.79 Å². The van der Waals surface area contributed by atoms with Gasteiger partial charge in [0.25, 0.3) is 0 Å². The lowest BCUT2D eigenvalue weighted by atomic mass is 9.87. The molecule has 5 heteroatoms. The second kappa shape index (κ2) is 5.99. The lowest BCUT2D eigenvalue weighted by molar-refractivity contribution is 0.0527. The fourth-order valence-corrected chi connectivity index (χ4v) is 2.92. The number of aliphatic imine (C=N–C) groups is 1. The van der Waals surface area contributed by atoms with Crippen molar-refractivity contribution in [2.75, 3.05) is 6.61 Å². The third-order valence-electron chi connectivity index (χ3n) is 4.39. The Hall–Kier alpha value is -2.43. The molecule has 0 amide bonds. The van der Waals surface area contributed by atoms with Gasteiger partial charge in [0.1, 0.15) is 5.56 Å². The molecule has 2 heterocycles. The van der Waals surface area contributed by atoms with Crippen LogP contribution in [0.25, 0.3) is 0 Å². The average Bonchev–Trinajstić information content (AvgIpc) is 3.01. The molecule has 1 aromatic heterocycles. The molecular weight excluding hydrogens is 290 g/mol. The van der Waals surface area contributed by atoms with Crippen molar-refractivity contribution in [3.05, 3.63) is 47.2 Å². The molecule has 0 radical (unpaired) electrons. The Labute approximate surface area is 136 Å². The zero-order valence-electron chi connectivity index (χ0n) is 13.7. The summed E-state index contributed by atoms with van der Waals surface area (Å²) in [6.45, 7) is 6.38. The van der Waals surface area contributed by atoms with Crippen LogP contribution >= 0.6 is 0 Å². The van der Waals surface area contributed by atoms with Gasteiger partial charge in [-0.05, 0) is 31.4 Å². The van der Waals surface area contributed by atoms with Gasteiger partial charge < -0.3 is 4.74 Å². The van der Waals surface area contributed by atoms with Gasteiger partial charge in [0.05, 0.1) is 18.3 Å². The van der Waals surface area contributed by atoms with E-state index in [0.717, 1.165) is 18.4 Å². The molecule has 23 heavy (non-hydrogen) atoms. The van der Waals surface area contributed by atoms with Crippen molar-refractivity contribution in [2.45, 2.75) is 39.2 Å². The van der Waals surface area contributed by atoms with Crippen molar-refractivity contribution in [2.24, 2.45) is 4.99 Å². The third kappa shape index (κ3) is 2.56. The molecule has 3 rings (SSSR count). The number of benzene rings is 1.